The molecule has 4 heteroatoms. The predicted molar refractivity (Wildman–Crippen MR) is 62.7 cm³/mol. The lowest BCUT2D eigenvalue weighted by atomic mass is 10.2. The Bertz CT molecular complexity index is 587. The van der Waals surface area contributed by atoms with Crippen LogP contribution in [-0.2, 0) is 0 Å². The maximum Gasteiger partial charge on any atom is 0.258 e. The Hall–Kier alpha value is -2.10. The number of fused-ring (bicyclic) bond motifs is 1. The van der Waals surface area contributed by atoms with Crippen LogP contribution in [0, 0.1) is 0 Å². The molecule has 0 unspecified atom stereocenters. The molecule has 1 N–H and O–H groups in total. The molecule has 0 saturated carbocycles. The molecule has 16 heavy (non-hydrogen) atoms. The summed E-state index contributed by atoms with van der Waals surface area (Å²) in [5, 5.41) is 0.529. The van der Waals surface area contributed by atoms with Gasteiger partial charge in [-0.05, 0) is 30.7 Å². The largest absolute Gasteiger partial charge is 0.489 e. The van der Waals surface area contributed by atoms with Crippen molar-refractivity contribution >= 4 is 10.9 Å². The minimum absolute atomic E-state index is 0.161. The Morgan fingerprint density at radius 3 is 3.12 bits per heavy atom. The Labute approximate surface area is 92.6 Å². The summed E-state index contributed by atoms with van der Waals surface area (Å²) in [6.07, 6.45) is 1.39. The fourth-order valence-electron chi connectivity index (χ4n) is 1.34. The van der Waals surface area contributed by atoms with Gasteiger partial charge in [-0.2, -0.15) is 0 Å². The topological polar surface area (TPSA) is 55.0 Å². The monoisotopic (exact) mass is 216 g/mol. The van der Waals surface area contributed by atoms with Gasteiger partial charge in [-0.25, -0.2) is 4.98 Å². The Balaban J connectivity index is 2.39. The van der Waals surface area contributed by atoms with Crippen molar-refractivity contribution in [2.75, 3.05) is 6.61 Å². The number of hydrogen-bond donors (Lipinski definition) is 1. The minimum Gasteiger partial charge on any atom is -0.489 e. The van der Waals surface area contributed by atoms with Gasteiger partial charge in [0.1, 0.15) is 12.4 Å². The number of nitrogens with one attached hydrogen (secondary N) is 1. The van der Waals surface area contributed by atoms with Crippen LogP contribution in [-0.4, -0.2) is 16.6 Å². The van der Waals surface area contributed by atoms with Gasteiger partial charge >= 0.3 is 0 Å². The van der Waals surface area contributed by atoms with Crippen molar-refractivity contribution in [1.82, 2.24) is 9.97 Å². The first-order valence-electron chi connectivity index (χ1n) is 4.91. The number of benzene rings is 1. The third kappa shape index (κ3) is 2.11. The van der Waals surface area contributed by atoms with Crippen molar-refractivity contribution in [2.24, 2.45) is 0 Å². The number of rotatable bonds is 3. The molecule has 82 valence electrons. The number of H-pyrrole nitrogens is 1. The molecular formula is C12H12N2O2. The molecule has 0 saturated heterocycles. The van der Waals surface area contributed by atoms with Crippen molar-refractivity contribution in [3.05, 3.63) is 47.0 Å². The van der Waals surface area contributed by atoms with E-state index in [0.717, 1.165) is 5.57 Å². The highest BCUT2D eigenvalue weighted by molar-refractivity contribution is 5.78. The lowest BCUT2D eigenvalue weighted by molar-refractivity contribution is 0.353. The van der Waals surface area contributed by atoms with Crippen molar-refractivity contribution < 1.29 is 4.74 Å². The van der Waals surface area contributed by atoms with Crippen LogP contribution in [0.1, 0.15) is 6.92 Å². The summed E-state index contributed by atoms with van der Waals surface area (Å²) in [7, 11) is 0. The highest BCUT2D eigenvalue weighted by atomic mass is 16.5. The van der Waals surface area contributed by atoms with Crippen LogP contribution in [0.2, 0.25) is 0 Å². The zero-order valence-electron chi connectivity index (χ0n) is 8.99. The standard InChI is InChI=1S/C12H12N2O2/c1-8(2)6-16-9-3-4-11-10(5-9)12(15)14-7-13-11/h3-5,7H,1,6H2,2H3,(H,13,14,15). The first-order valence-corrected chi connectivity index (χ1v) is 4.91. The van der Waals surface area contributed by atoms with Crippen LogP contribution in [0.5, 0.6) is 5.75 Å². The van der Waals surface area contributed by atoms with Gasteiger partial charge in [-0.1, -0.05) is 6.58 Å². The van der Waals surface area contributed by atoms with Gasteiger partial charge in [-0.15, -0.1) is 0 Å². The zero-order valence-corrected chi connectivity index (χ0v) is 8.99. The fraction of sp³-hybridized carbons (Fsp3) is 0.167. The molecule has 4 nitrogen and oxygen atoms in total. The van der Waals surface area contributed by atoms with Crippen LogP contribution in [0.3, 0.4) is 0 Å². The van der Waals surface area contributed by atoms with E-state index in [-0.39, 0.29) is 5.56 Å². The van der Waals surface area contributed by atoms with Crippen LogP contribution in [0.4, 0.5) is 0 Å². The number of aromatic nitrogens is 2. The molecule has 0 spiro atoms. The lowest BCUT2D eigenvalue weighted by Gasteiger charge is -2.05. The van der Waals surface area contributed by atoms with Gasteiger partial charge in [0.15, 0.2) is 0 Å². The molecule has 2 rings (SSSR count). The molecule has 0 aliphatic carbocycles. The van der Waals surface area contributed by atoms with E-state index in [1.54, 1.807) is 18.2 Å². The maximum atomic E-state index is 11.5. The van der Waals surface area contributed by atoms with E-state index < -0.39 is 0 Å². The molecule has 1 aromatic heterocycles. The molecule has 0 bridgehead atoms. The lowest BCUT2D eigenvalue weighted by Crippen LogP contribution is -2.06. The third-order valence-electron chi connectivity index (χ3n) is 2.10. The van der Waals surface area contributed by atoms with E-state index in [2.05, 4.69) is 16.5 Å². The Morgan fingerprint density at radius 2 is 2.38 bits per heavy atom. The van der Waals surface area contributed by atoms with E-state index in [1.165, 1.54) is 6.33 Å². The molecule has 0 aliphatic heterocycles. The quantitative estimate of drug-likeness (QED) is 0.797. The number of aromatic amines is 1. The van der Waals surface area contributed by atoms with Crippen molar-refractivity contribution in [3.63, 3.8) is 0 Å². The summed E-state index contributed by atoms with van der Waals surface area (Å²) in [4.78, 5) is 18.1. The van der Waals surface area contributed by atoms with E-state index in [0.29, 0.717) is 23.3 Å². The van der Waals surface area contributed by atoms with E-state index in [1.807, 2.05) is 6.92 Å². The Morgan fingerprint density at radius 1 is 1.56 bits per heavy atom. The molecular weight excluding hydrogens is 204 g/mol. The van der Waals surface area contributed by atoms with Gasteiger partial charge < -0.3 is 9.72 Å². The molecule has 0 atom stereocenters. The van der Waals surface area contributed by atoms with E-state index in [4.69, 9.17) is 4.74 Å². The molecule has 2 aromatic rings. The average Bonchev–Trinajstić information content (AvgIpc) is 2.27. The summed E-state index contributed by atoms with van der Waals surface area (Å²) in [5.41, 5.74) is 1.43. The molecule has 0 radical (unpaired) electrons. The van der Waals surface area contributed by atoms with Gasteiger partial charge in [0.25, 0.3) is 5.56 Å². The first kappa shape index (κ1) is 10.4. The average molecular weight is 216 g/mol. The second-order valence-electron chi connectivity index (χ2n) is 3.66. The smallest absolute Gasteiger partial charge is 0.258 e. The fourth-order valence-corrected chi connectivity index (χ4v) is 1.34. The second kappa shape index (κ2) is 4.18. The van der Waals surface area contributed by atoms with Crippen molar-refractivity contribution in [3.8, 4) is 5.75 Å². The van der Waals surface area contributed by atoms with Crippen LogP contribution in [0.15, 0.2) is 41.5 Å². The van der Waals surface area contributed by atoms with Crippen molar-refractivity contribution in [2.45, 2.75) is 6.92 Å². The summed E-state index contributed by atoms with van der Waals surface area (Å²) in [6, 6.07) is 5.24. The molecule has 0 amide bonds. The SMILES string of the molecule is C=C(C)COc1ccc2nc[nH]c(=O)c2c1. The zero-order chi connectivity index (χ0) is 11.5. The number of nitrogens with zero attached hydrogens (tertiary/aromatic N) is 1. The summed E-state index contributed by atoms with van der Waals surface area (Å²) in [6.45, 7) is 6.08. The molecule has 1 heterocycles. The number of ether oxygens (including phenoxy) is 1. The van der Waals surface area contributed by atoms with Gasteiger partial charge in [0, 0.05) is 0 Å². The van der Waals surface area contributed by atoms with E-state index in [9.17, 15) is 4.79 Å². The van der Waals surface area contributed by atoms with Gasteiger partial charge in [0.05, 0.1) is 17.2 Å². The maximum absolute atomic E-state index is 11.5. The summed E-state index contributed by atoms with van der Waals surface area (Å²) in [5.74, 6) is 0.647. The predicted octanol–water partition coefficient (Wildman–Crippen LogP) is 1.88. The minimum atomic E-state index is -0.161. The summed E-state index contributed by atoms with van der Waals surface area (Å²) >= 11 is 0. The van der Waals surface area contributed by atoms with Crippen LogP contribution >= 0.6 is 0 Å². The summed E-state index contributed by atoms with van der Waals surface area (Å²) < 4.78 is 5.45. The van der Waals surface area contributed by atoms with Crippen LogP contribution in [0.25, 0.3) is 10.9 Å². The number of hydrogen-bond acceptors (Lipinski definition) is 3. The van der Waals surface area contributed by atoms with Gasteiger partial charge in [-0.3, -0.25) is 4.79 Å². The highest BCUT2D eigenvalue weighted by Gasteiger charge is 2.01. The third-order valence-corrected chi connectivity index (χ3v) is 2.10. The molecule has 0 aliphatic rings. The van der Waals surface area contributed by atoms with Crippen molar-refractivity contribution in [1.29, 1.82) is 0 Å². The molecule has 1 aromatic carbocycles. The molecule has 0 fully saturated rings. The first-order chi connectivity index (χ1) is 7.66. The second-order valence-corrected chi connectivity index (χ2v) is 3.66. The van der Waals surface area contributed by atoms with Gasteiger partial charge in [0.2, 0.25) is 0 Å². The highest BCUT2D eigenvalue weighted by Crippen LogP contribution is 2.16. The normalized spacial score (nSPS) is 10.3. The van der Waals surface area contributed by atoms with E-state index >= 15 is 0 Å². The Kier molecular flexibility index (Phi) is 2.72. The van der Waals surface area contributed by atoms with Crippen LogP contribution < -0.4 is 10.3 Å².